The van der Waals surface area contributed by atoms with Gasteiger partial charge in [0.05, 0.1) is 30.8 Å². The molecule has 0 aliphatic heterocycles. The van der Waals surface area contributed by atoms with Crippen molar-refractivity contribution in [3.8, 4) is 17.6 Å². The second-order valence-electron chi connectivity index (χ2n) is 7.47. The predicted molar refractivity (Wildman–Crippen MR) is 92.4 cm³/mol. The number of nitriles is 1. The van der Waals surface area contributed by atoms with Crippen LogP contribution in [0, 0.1) is 17.2 Å². The fraction of sp³-hybridized carbons (Fsp3) is 0.650. The van der Waals surface area contributed by atoms with Crippen LogP contribution in [0.2, 0.25) is 0 Å². The molecule has 24 heavy (non-hydrogen) atoms. The van der Waals surface area contributed by atoms with Crippen molar-refractivity contribution >= 4 is 0 Å². The molecule has 0 N–H and O–H groups in total. The molecule has 130 valence electrons. The molecule has 1 aromatic rings. The summed E-state index contributed by atoms with van der Waals surface area (Å²) in [5.41, 5.74) is 0.467. The monoisotopic (exact) mass is 329 g/mol. The summed E-state index contributed by atoms with van der Waals surface area (Å²) in [7, 11) is 3.42. The summed E-state index contributed by atoms with van der Waals surface area (Å²) in [5.74, 6) is 2.18. The number of ether oxygens (including phenoxy) is 3. The number of benzene rings is 1. The van der Waals surface area contributed by atoms with Crippen LogP contribution in [0.1, 0.15) is 51.0 Å². The van der Waals surface area contributed by atoms with E-state index in [2.05, 4.69) is 13.0 Å². The van der Waals surface area contributed by atoms with Crippen molar-refractivity contribution < 1.29 is 14.2 Å². The Balaban J connectivity index is 1.83. The first-order chi connectivity index (χ1) is 11.5. The Labute approximate surface area is 144 Å². The molecule has 0 amide bonds. The summed E-state index contributed by atoms with van der Waals surface area (Å²) >= 11 is 0. The van der Waals surface area contributed by atoms with Gasteiger partial charge in [-0.05, 0) is 69.1 Å². The van der Waals surface area contributed by atoms with Gasteiger partial charge in [0.2, 0.25) is 0 Å². The fourth-order valence-electron chi connectivity index (χ4n) is 3.45. The SMILES string of the molecule is COc1ccc(C2(C#N)CCC(C)(OC)CC2)cc1OCC1CC1. The molecule has 2 saturated carbocycles. The molecule has 2 fully saturated rings. The Morgan fingerprint density at radius 2 is 1.83 bits per heavy atom. The zero-order valence-electron chi connectivity index (χ0n) is 14.9. The predicted octanol–water partition coefficient (Wildman–Crippen LogP) is 4.22. The lowest BCUT2D eigenvalue weighted by Gasteiger charge is -2.41. The quantitative estimate of drug-likeness (QED) is 0.784. The average Bonchev–Trinajstić information content (AvgIpc) is 3.45. The average molecular weight is 329 g/mol. The molecule has 1 aromatic carbocycles. The molecular formula is C20H27NO3. The van der Waals surface area contributed by atoms with Gasteiger partial charge in [0.25, 0.3) is 0 Å². The molecular weight excluding hydrogens is 302 g/mol. The second-order valence-corrected chi connectivity index (χ2v) is 7.47. The molecule has 0 unspecified atom stereocenters. The van der Waals surface area contributed by atoms with Gasteiger partial charge in [-0.15, -0.1) is 0 Å². The summed E-state index contributed by atoms with van der Waals surface area (Å²) < 4.78 is 17.0. The summed E-state index contributed by atoms with van der Waals surface area (Å²) in [6.07, 6.45) is 5.90. The molecule has 0 bridgehead atoms. The highest BCUT2D eigenvalue weighted by atomic mass is 16.5. The van der Waals surface area contributed by atoms with E-state index < -0.39 is 5.41 Å². The lowest BCUT2D eigenvalue weighted by molar-refractivity contribution is -0.0334. The van der Waals surface area contributed by atoms with Crippen molar-refractivity contribution in [3.63, 3.8) is 0 Å². The van der Waals surface area contributed by atoms with Crippen molar-refractivity contribution in [1.29, 1.82) is 5.26 Å². The second kappa shape index (κ2) is 6.64. The van der Waals surface area contributed by atoms with Gasteiger partial charge in [-0.2, -0.15) is 5.26 Å². The Morgan fingerprint density at radius 1 is 1.12 bits per heavy atom. The topological polar surface area (TPSA) is 51.5 Å². The minimum absolute atomic E-state index is 0.113. The van der Waals surface area contributed by atoms with E-state index in [1.807, 2.05) is 18.2 Å². The van der Waals surface area contributed by atoms with Gasteiger partial charge in [-0.25, -0.2) is 0 Å². The number of methoxy groups -OCH3 is 2. The van der Waals surface area contributed by atoms with Gasteiger partial charge in [0.15, 0.2) is 11.5 Å². The normalized spacial score (nSPS) is 29.8. The molecule has 2 aliphatic rings. The third-order valence-electron chi connectivity index (χ3n) is 5.76. The van der Waals surface area contributed by atoms with E-state index in [0.717, 1.165) is 49.4 Å². The first-order valence-electron chi connectivity index (χ1n) is 8.82. The van der Waals surface area contributed by atoms with Crippen LogP contribution in [0.3, 0.4) is 0 Å². The zero-order chi connectivity index (χ0) is 17.2. The van der Waals surface area contributed by atoms with E-state index in [1.54, 1.807) is 14.2 Å². The number of rotatable bonds is 6. The maximum atomic E-state index is 9.92. The van der Waals surface area contributed by atoms with Crippen LogP contribution in [-0.2, 0) is 10.2 Å². The van der Waals surface area contributed by atoms with Gasteiger partial charge >= 0.3 is 0 Å². The summed E-state index contributed by atoms with van der Waals surface area (Å²) in [4.78, 5) is 0. The Morgan fingerprint density at radius 3 is 2.38 bits per heavy atom. The van der Waals surface area contributed by atoms with Gasteiger partial charge in [0.1, 0.15) is 0 Å². The Bertz CT molecular complexity index is 622. The summed E-state index contributed by atoms with van der Waals surface area (Å²) in [6.45, 7) is 2.87. The van der Waals surface area contributed by atoms with Gasteiger partial charge in [-0.3, -0.25) is 0 Å². The molecule has 4 nitrogen and oxygen atoms in total. The van der Waals surface area contributed by atoms with E-state index in [-0.39, 0.29) is 5.60 Å². The van der Waals surface area contributed by atoms with E-state index in [0.29, 0.717) is 5.92 Å². The van der Waals surface area contributed by atoms with Crippen LogP contribution in [0.5, 0.6) is 11.5 Å². The molecule has 0 aromatic heterocycles. The van der Waals surface area contributed by atoms with Gasteiger partial charge in [0, 0.05) is 7.11 Å². The van der Waals surface area contributed by atoms with Crippen LogP contribution in [0.4, 0.5) is 0 Å². The largest absolute Gasteiger partial charge is 0.493 e. The highest BCUT2D eigenvalue weighted by molar-refractivity contribution is 5.47. The first kappa shape index (κ1) is 17.1. The van der Waals surface area contributed by atoms with Crippen molar-refractivity contribution in [2.45, 2.75) is 56.5 Å². The smallest absolute Gasteiger partial charge is 0.161 e. The van der Waals surface area contributed by atoms with E-state index in [4.69, 9.17) is 14.2 Å². The maximum Gasteiger partial charge on any atom is 0.161 e. The minimum Gasteiger partial charge on any atom is -0.493 e. The van der Waals surface area contributed by atoms with Crippen LogP contribution in [-0.4, -0.2) is 26.4 Å². The summed E-state index contributed by atoms with van der Waals surface area (Å²) in [6, 6.07) is 8.55. The molecule has 2 aliphatic carbocycles. The third kappa shape index (κ3) is 3.37. The molecule has 0 spiro atoms. The molecule has 0 atom stereocenters. The Hall–Kier alpha value is -1.73. The van der Waals surface area contributed by atoms with Crippen LogP contribution in [0.25, 0.3) is 0 Å². The lowest BCUT2D eigenvalue weighted by atomic mass is 9.66. The summed E-state index contributed by atoms with van der Waals surface area (Å²) in [5, 5.41) is 9.92. The van der Waals surface area contributed by atoms with Crippen molar-refractivity contribution in [3.05, 3.63) is 23.8 Å². The molecule has 0 heterocycles. The number of hydrogen-bond donors (Lipinski definition) is 0. The highest BCUT2D eigenvalue weighted by Crippen LogP contribution is 2.46. The van der Waals surface area contributed by atoms with Crippen LogP contribution < -0.4 is 9.47 Å². The van der Waals surface area contributed by atoms with E-state index in [1.165, 1.54) is 12.8 Å². The lowest BCUT2D eigenvalue weighted by Crippen LogP contribution is -2.39. The Kier molecular flexibility index (Phi) is 4.73. The molecule has 0 radical (unpaired) electrons. The van der Waals surface area contributed by atoms with Crippen molar-refractivity contribution in [2.24, 2.45) is 5.92 Å². The van der Waals surface area contributed by atoms with E-state index >= 15 is 0 Å². The number of hydrogen-bond acceptors (Lipinski definition) is 4. The molecule has 0 saturated heterocycles. The third-order valence-corrected chi connectivity index (χ3v) is 5.76. The fourth-order valence-corrected chi connectivity index (χ4v) is 3.45. The van der Waals surface area contributed by atoms with Crippen LogP contribution >= 0.6 is 0 Å². The van der Waals surface area contributed by atoms with Gasteiger partial charge < -0.3 is 14.2 Å². The van der Waals surface area contributed by atoms with E-state index in [9.17, 15) is 5.26 Å². The standard InChI is InChI=1S/C20H27NO3/c1-19(23-3)8-10-20(14-21,11-9-19)16-6-7-17(22-2)18(12-16)24-13-15-4-5-15/h6-7,12,15H,4-5,8-11,13H2,1-3H3. The molecule has 4 heteroatoms. The van der Waals surface area contributed by atoms with Crippen molar-refractivity contribution in [1.82, 2.24) is 0 Å². The highest BCUT2D eigenvalue weighted by Gasteiger charge is 2.42. The maximum absolute atomic E-state index is 9.92. The zero-order valence-corrected chi connectivity index (χ0v) is 14.9. The number of nitrogens with zero attached hydrogens (tertiary/aromatic N) is 1. The minimum atomic E-state index is -0.456. The van der Waals surface area contributed by atoms with Crippen LogP contribution in [0.15, 0.2) is 18.2 Å². The van der Waals surface area contributed by atoms with Gasteiger partial charge in [-0.1, -0.05) is 6.07 Å². The molecule has 3 rings (SSSR count). The van der Waals surface area contributed by atoms with Crippen molar-refractivity contribution in [2.75, 3.05) is 20.8 Å². The first-order valence-corrected chi connectivity index (χ1v) is 8.82.